The number of nitrogen functional groups attached to an aromatic ring is 1. The third-order valence-electron chi connectivity index (χ3n) is 7.20. The summed E-state index contributed by atoms with van der Waals surface area (Å²) in [5.74, 6) is 1.63. The Kier molecular flexibility index (Phi) is 6.07. The molecule has 0 spiro atoms. The molecule has 1 amide bonds. The van der Waals surface area contributed by atoms with Crippen molar-refractivity contribution in [2.75, 3.05) is 12.3 Å². The summed E-state index contributed by atoms with van der Waals surface area (Å²) in [4.78, 5) is 27.3. The third kappa shape index (κ3) is 4.40. The minimum atomic E-state index is -0.0413. The highest BCUT2D eigenvalue weighted by molar-refractivity contribution is 6.07. The van der Waals surface area contributed by atoms with E-state index in [4.69, 9.17) is 10.5 Å². The maximum absolute atomic E-state index is 12.2. The Hall–Kier alpha value is -4.98. The predicted molar refractivity (Wildman–Crippen MR) is 152 cm³/mol. The molecule has 0 fully saturated rings. The Morgan fingerprint density at radius 1 is 1.05 bits per heavy atom. The molecule has 3 aromatic heterocycles. The van der Waals surface area contributed by atoms with Crippen LogP contribution in [0.15, 0.2) is 79.6 Å². The van der Waals surface area contributed by atoms with Gasteiger partial charge in [-0.1, -0.05) is 36.9 Å². The lowest BCUT2D eigenvalue weighted by Gasteiger charge is -2.28. The molecule has 1 aliphatic heterocycles. The highest BCUT2D eigenvalue weighted by Crippen LogP contribution is 2.42. The standard InChI is InChI=1S/C31H28N6O2/c1-4-26(38)37-15-14-21-16-22(8-9-23(21)17-37)29-27(28-30(32)33-18-34-31(28)36(29)3)20-10-12-24(13-11-20)39-25-7-5-6-19(2)35-25/h4-13,16,18H,1,14-15,17H2,2-3H3,(H2,32,33,34). The highest BCUT2D eigenvalue weighted by Gasteiger charge is 2.24. The van der Waals surface area contributed by atoms with E-state index in [1.807, 2.05) is 61.3 Å². The number of carbonyl (C=O) groups excluding carboxylic acids is 1. The predicted octanol–water partition coefficient (Wildman–Crippen LogP) is 5.45. The molecule has 0 bridgehead atoms. The first-order valence-corrected chi connectivity index (χ1v) is 12.8. The minimum absolute atomic E-state index is 0.0413. The summed E-state index contributed by atoms with van der Waals surface area (Å²) in [6.07, 6.45) is 3.65. The lowest BCUT2D eigenvalue weighted by Crippen LogP contribution is -2.34. The van der Waals surface area contributed by atoms with Crippen LogP contribution >= 0.6 is 0 Å². The molecule has 8 nitrogen and oxygen atoms in total. The lowest BCUT2D eigenvalue weighted by molar-refractivity contribution is -0.126. The molecule has 0 saturated carbocycles. The van der Waals surface area contributed by atoms with Crippen LogP contribution in [0, 0.1) is 6.92 Å². The Bertz CT molecular complexity index is 1740. The van der Waals surface area contributed by atoms with Gasteiger partial charge in [-0.2, -0.15) is 0 Å². The van der Waals surface area contributed by atoms with Crippen molar-refractivity contribution in [2.45, 2.75) is 19.9 Å². The van der Waals surface area contributed by atoms with Gasteiger partial charge < -0.3 is 19.9 Å². The van der Waals surface area contributed by atoms with E-state index in [2.05, 4.69) is 44.3 Å². The van der Waals surface area contributed by atoms with Gasteiger partial charge in [-0.3, -0.25) is 4.79 Å². The number of carbonyl (C=O) groups is 1. The Morgan fingerprint density at radius 3 is 2.62 bits per heavy atom. The van der Waals surface area contributed by atoms with Crippen molar-refractivity contribution < 1.29 is 9.53 Å². The number of aromatic nitrogens is 4. The van der Waals surface area contributed by atoms with Crippen molar-refractivity contribution in [3.63, 3.8) is 0 Å². The summed E-state index contributed by atoms with van der Waals surface area (Å²) in [6, 6.07) is 20.0. The van der Waals surface area contributed by atoms with Crippen molar-refractivity contribution in [1.82, 2.24) is 24.4 Å². The molecule has 194 valence electrons. The van der Waals surface area contributed by atoms with E-state index in [-0.39, 0.29) is 5.91 Å². The fourth-order valence-corrected chi connectivity index (χ4v) is 5.30. The van der Waals surface area contributed by atoms with Crippen LogP contribution < -0.4 is 10.5 Å². The molecule has 0 radical (unpaired) electrons. The molecule has 0 saturated heterocycles. The highest BCUT2D eigenvalue weighted by atomic mass is 16.5. The van der Waals surface area contributed by atoms with E-state index in [0.29, 0.717) is 30.5 Å². The van der Waals surface area contributed by atoms with Crippen LogP contribution in [0.4, 0.5) is 5.82 Å². The second-order valence-electron chi connectivity index (χ2n) is 9.68. The van der Waals surface area contributed by atoms with Gasteiger partial charge in [0.05, 0.1) is 11.1 Å². The summed E-state index contributed by atoms with van der Waals surface area (Å²) in [7, 11) is 2.00. The number of benzene rings is 2. The Balaban J connectivity index is 1.43. The number of hydrogen-bond acceptors (Lipinski definition) is 6. The number of ether oxygens (including phenoxy) is 1. The second kappa shape index (κ2) is 9.72. The molecule has 0 unspecified atom stereocenters. The zero-order valence-electron chi connectivity index (χ0n) is 21.9. The zero-order chi connectivity index (χ0) is 27.1. The molecule has 4 heterocycles. The molecular formula is C31H28N6O2. The topological polar surface area (TPSA) is 99.2 Å². The van der Waals surface area contributed by atoms with Gasteiger partial charge in [-0.05, 0) is 65.9 Å². The van der Waals surface area contributed by atoms with Crippen LogP contribution in [0.2, 0.25) is 0 Å². The normalized spacial score (nSPS) is 12.8. The van der Waals surface area contributed by atoms with Gasteiger partial charge in [0.1, 0.15) is 23.5 Å². The fraction of sp³-hybridized carbons (Fsp3) is 0.161. The van der Waals surface area contributed by atoms with E-state index in [0.717, 1.165) is 51.1 Å². The van der Waals surface area contributed by atoms with Crippen LogP contribution in [0.3, 0.4) is 0 Å². The Labute approximate surface area is 226 Å². The van der Waals surface area contributed by atoms with E-state index >= 15 is 0 Å². The van der Waals surface area contributed by atoms with Gasteiger partial charge in [0.25, 0.3) is 0 Å². The molecule has 0 aliphatic carbocycles. The summed E-state index contributed by atoms with van der Waals surface area (Å²) in [6.45, 7) is 6.80. The molecule has 1 aliphatic rings. The maximum Gasteiger partial charge on any atom is 0.246 e. The molecule has 2 N–H and O–H groups in total. The van der Waals surface area contributed by atoms with Gasteiger partial charge in [0.15, 0.2) is 0 Å². The molecule has 39 heavy (non-hydrogen) atoms. The van der Waals surface area contributed by atoms with Gasteiger partial charge in [0.2, 0.25) is 11.8 Å². The number of nitrogens with zero attached hydrogens (tertiary/aromatic N) is 5. The minimum Gasteiger partial charge on any atom is -0.439 e. The number of fused-ring (bicyclic) bond motifs is 2. The maximum atomic E-state index is 12.2. The monoisotopic (exact) mass is 516 g/mol. The first-order valence-electron chi connectivity index (χ1n) is 12.8. The number of amides is 1. The van der Waals surface area contributed by atoms with Gasteiger partial charge in [-0.25, -0.2) is 15.0 Å². The first-order chi connectivity index (χ1) is 18.9. The quantitative estimate of drug-likeness (QED) is 0.312. The van der Waals surface area contributed by atoms with Gasteiger partial charge in [0, 0.05) is 37.5 Å². The third-order valence-corrected chi connectivity index (χ3v) is 7.20. The molecular weight excluding hydrogens is 488 g/mol. The van der Waals surface area contributed by atoms with Crippen molar-refractivity contribution in [2.24, 2.45) is 7.05 Å². The van der Waals surface area contributed by atoms with Crippen molar-refractivity contribution in [3.05, 3.63) is 96.5 Å². The largest absolute Gasteiger partial charge is 0.439 e. The number of nitrogens with two attached hydrogens (primary N) is 1. The van der Waals surface area contributed by atoms with Crippen molar-refractivity contribution in [3.8, 4) is 34.0 Å². The van der Waals surface area contributed by atoms with E-state index < -0.39 is 0 Å². The molecule has 8 heteroatoms. The lowest BCUT2D eigenvalue weighted by atomic mass is 9.93. The molecule has 2 aromatic carbocycles. The summed E-state index contributed by atoms with van der Waals surface area (Å²) >= 11 is 0. The number of hydrogen-bond donors (Lipinski definition) is 1. The zero-order valence-corrected chi connectivity index (χ0v) is 21.9. The summed E-state index contributed by atoms with van der Waals surface area (Å²) in [5, 5.41) is 0.810. The number of anilines is 1. The van der Waals surface area contributed by atoms with E-state index in [9.17, 15) is 4.79 Å². The SMILES string of the molecule is C=CC(=O)N1CCc2cc(-c3c(-c4ccc(Oc5cccc(C)n5)cc4)c4c(N)ncnc4n3C)ccc2C1. The van der Waals surface area contributed by atoms with Crippen LogP contribution in [-0.4, -0.2) is 36.9 Å². The second-order valence-corrected chi connectivity index (χ2v) is 9.68. The van der Waals surface area contributed by atoms with Crippen LogP contribution in [0.1, 0.15) is 16.8 Å². The summed E-state index contributed by atoms with van der Waals surface area (Å²) < 4.78 is 8.05. The van der Waals surface area contributed by atoms with Crippen molar-refractivity contribution >= 4 is 22.8 Å². The summed E-state index contributed by atoms with van der Waals surface area (Å²) in [5.41, 5.74) is 14.4. The molecule has 5 aromatic rings. The van der Waals surface area contributed by atoms with Crippen molar-refractivity contribution in [1.29, 1.82) is 0 Å². The van der Waals surface area contributed by atoms with Crippen LogP contribution in [0.5, 0.6) is 11.6 Å². The van der Waals surface area contributed by atoms with E-state index in [1.54, 1.807) is 0 Å². The van der Waals surface area contributed by atoms with Gasteiger partial charge >= 0.3 is 0 Å². The molecule has 6 rings (SSSR count). The Morgan fingerprint density at radius 2 is 1.85 bits per heavy atom. The van der Waals surface area contributed by atoms with Crippen LogP contribution in [-0.2, 0) is 24.8 Å². The average molecular weight is 517 g/mol. The number of rotatable bonds is 5. The molecule has 0 atom stereocenters. The smallest absolute Gasteiger partial charge is 0.246 e. The van der Waals surface area contributed by atoms with Crippen LogP contribution in [0.25, 0.3) is 33.4 Å². The van der Waals surface area contributed by atoms with Gasteiger partial charge in [-0.15, -0.1) is 0 Å². The number of aryl methyl sites for hydroxylation is 2. The fourth-order valence-electron chi connectivity index (χ4n) is 5.30. The average Bonchev–Trinajstić information content (AvgIpc) is 3.25. The first kappa shape index (κ1) is 24.4. The number of pyridine rings is 1. The van der Waals surface area contributed by atoms with E-state index in [1.165, 1.54) is 18.0 Å².